The third kappa shape index (κ3) is 4.80. The van der Waals surface area contributed by atoms with E-state index in [0.717, 1.165) is 17.9 Å². The van der Waals surface area contributed by atoms with Crippen molar-refractivity contribution in [1.29, 1.82) is 0 Å². The Morgan fingerprint density at radius 1 is 0.903 bits per heavy atom. The minimum atomic E-state index is 0.0432. The Balaban J connectivity index is 1.45. The molecule has 4 nitrogen and oxygen atoms in total. The van der Waals surface area contributed by atoms with Crippen molar-refractivity contribution in [2.24, 2.45) is 0 Å². The molecule has 0 spiro atoms. The van der Waals surface area contributed by atoms with Crippen molar-refractivity contribution >= 4 is 16.8 Å². The van der Waals surface area contributed by atoms with E-state index < -0.39 is 0 Å². The number of nitrogens with one attached hydrogen (secondary N) is 1. The van der Waals surface area contributed by atoms with Crippen molar-refractivity contribution in [2.45, 2.75) is 32.9 Å². The number of carbonyl (C=O) groups excluding carboxylic acids is 1. The lowest BCUT2D eigenvalue weighted by Crippen LogP contribution is -2.23. The molecule has 1 aromatic heterocycles. The van der Waals surface area contributed by atoms with E-state index in [4.69, 9.17) is 4.74 Å². The maximum absolute atomic E-state index is 12.5. The van der Waals surface area contributed by atoms with Crippen LogP contribution in [0.2, 0.25) is 0 Å². The molecule has 0 saturated carbocycles. The van der Waals surface area contributed by atoms with Crippen LogP contribution < -0.4 is 10.1 Å². The molecule has 1 heterocycles. The molecular weight excluding hydrogens is 384 g/mol. The average Bonchev–Trinajstić information content (AvgIpc) is 3.15. The lowest BCUT2D eigenvalue weighted by molar-refractivity contribution is -0.121. The Morgan fingerprint density at radius 2 is 1.61 bits per heavy atom. The summed E-state index contributed by atoms with van der Waals surface area (Å²) < 4.78 is 7.65. The molecule has 4 heteroatoms. The van der Waals surface area contributed by atoms with Gasteiger partial charge in [-0.15, -0.1) is 0 Å². The number of aromatic nitrogens is 1. The van der Waals surface area contributed by atoms with Crippen molar-refractivity contribution in [3.63, 3.8) is 0 Å². The minimum absolute atomic E-state index is 0.0432. The maximum Gasteiger partial charge on any atom is 0.220 e. The van der Waals surface area contributed by atoms with Gasteiger partial charge in [0.15, 0.2) is 0 Å². The van der Waals surface area contributed by atoms with Gasteiger partial charge in [0.05, 0.1) is 7.11 Å². The highest BCUT2D eigenvalue weighted by molar-refractivity contribution is 5.85. The lowest BCUT2D eigenvalue weighted by Gasteiger charge is -2.09. The summed E-state index contributed by atoms with van der Waals surface area (Å²) in [6.45, 7) is 3.44. The molecule has 0 bridgehead atoms. The predicted molar refractivity (Wildman–Crippen MR) is 125 cm³/mol. The summed E-state index contributed by atoms with van der Waals surface area (Å²) in [6, 6.07) is 24.7. The molecule has 0 saturated heterocycles. The molecule has 1 N–H and O–H groups in total. The van der Waals surface area contributed by atoms with Gasteiger partial charge in [-0.3, -0.25) is 4.79 Å². The van der Waals surface area contributed by atoms with Crippen molar-refractivity contribution < 1.29 is 9.53 Å². The van der Waals surface area contributed by atoms with Crippen molar-refractivity contribution in [2.75, 3.05) is 7.11 Å². The number of fused-ring (bicyclic) bond motifs is 1. The first-order valence-electron chi connectivity index (χ1n) is 10.7. The highest BCUT2D eigenvalue weighted by Crippen LogP contribution is 2.24. The van der Waals surface area contributed by atoms with Gasteiger partial charge in [-0.2, -0.15) is 0 Å². The molecule has 0 fully saturated rings. The van der Waals surface area contributed by atoms with Crippen LogP contribution in [0.25, 0.3) is 10.9 Å². The summed E-state index contributed by atoms with van der Waals surface area (Å²) in [4.78, 5) is 12.5. The monoisotopic (exact) mass is 412 g/mol. The summed E-state index contributed by atoms with van der Waals surface area (Å²) in [5, 5.41) is 4.24. The van der Waals surface area contributed by atoms with Gasteiger partial charge in [-0.25, -0.2) is 0 Å². The van der Waals surface area contributed by atoms with E-state index in [1.54, 1.807) is 7.11 Å². The van der Waals surface area contributed by atoms with Gasteiger partial charge in [-0.1, -0.05) is 60.7 Å². The van der Waals surface area contributed by atoms with Crippen LogP contribution in [-0.4, -0.2) is 17.6 Å². The van der Waals surface area contributed by atoms with E-state index in [1.165, 1.54) is 27.6 Å². The number of methoxy groups -OCH3 is 1. The molecule has 4 rings (SSSR count). The Labute approximate surface area is 183 Å². The van der Waals surface area contributed by atoms with E-state index in [1.807, 2.05) is 24.3 Å². The SMILES string of the molecule is COc1ccccc1CNC(=O)CCc1cn(Cc2ccccc2C)c2ccccc12. The first-order chi connectivity index (χ1) is 15.2. The third-order valence-electron chi connectivity index (χ3n) is 5.76. The fourth-order valence-electron chi connectivity index (χ4n) is 4.00. The van der Waals surface area contributed by atoms with Gasteiger partial charge in [-0.05, 0) is 42.2 Å². The molecular formula is C27H28N2O2. The standard InChI is InChI=1S/C27H28N2O2/c1-20-9-3-4-11-22(20)18-29-19-23(24-12-6-7-13-25(24)29)15-16-27(30)28-17-21-10-5-8-14-26(21)31-2/h3-14,19H,15-18H2,1-2H3,(H,28,30). The quantitative estimate of drug-likeness (QED) is 0.429. The molecule has 31 heavy (non-hydrogen) atoms. The topological polar surface area (TPSA) is 43.3 Å². The Morgan fingerprint density at radius 3 is 2.42 bits per heavy atom. The van der Waals surface area contributed by atoms with Crippen LogP contribution in [0, 0.1) is 6.92 Å². The molecule has 158 valence electrons. The number of ether oxygens (including phenoxy) is 1. The zero-order valence-corrected chi connectivity index (χ0v) is 18.1. The average molecular weight is 413 g/mol. The number of nitrogens with zero attached hydrogens (tertiary/aromatic N) is 1. The van der Waals surface area contributed by atoms with Gasteiger partial charge >= 0.3 is 0 Å². The van der Waals surface area contributed by atoms with Crippen molar-refractivity contribution in [3.05, 3.63) is 101 Å². The highest BCUT2D eigenvalue weighted by Gasteiger charge is 2.12. The molecule has 0 radical (unpaired) electrons. The highest BCUT2D eigenvalue weighted by atomic mass is 16.5. The zero-order chi connectivity index (χ0) is 21.6. The van der Waals surface area contributed by atoms with Crippen LogP contribution in [0.1, 0.15) is 28.7 Å². The zero-order valence-electron chi connectivity index (χ0n) is 18.1. The fraction of sp³-hybridized carbons (Fsp3) is 0.222. The number of hydrogen-bond donors (Lipinski definition) is 1. The Kier molecular flexibility index (Phi) is 6.37. The van der Waals surface area contributed by atoms with Crippen LogP contribution in [0.15, 0.2) is 79.0 Å². The first-order valence-corrected chi connectivity index (χ1v) is 10.7. The van der Waals surface area contributed by atoms with Crippen molar-refractivity contribution in [1.82, 2.24) is 9.88 Å². The number of para-hydroxylation sites is 2. The summed E-state index contributed by atoms with van der Waals surface area (Å²) >= 11 is 0. The van der Waals surface area contributed by atoms with E-state index in [0.29, 0.717) is 19.4 Å². The second-order valence-electron chi connectivity index (χ2n) is 7.81. The van der Waals surface area contributed by atoms with Crippen LogP contribution in [0.5, 0.6) is 5.75 Å². The van der Waals surface area contributed by atoms with Gasteiger partial charge in [0, 0.05) is 42.2 Å². The fourth-order valence-corrected chi connectivity index (χ4v) is 4.00. The molecule has 0 aliphatic carbocycles. The number of aryl methyl sites for hydroxylation is 2. The first kappa shape index (κ1) is 20.7. The molecule has 0 aliphatic rings. The normalized spacial score (nSPS) is 10.9. The second kappa shape index (κ2) is 9.52. The minimum Gasteiger partial charge on any atom is -0.496 e. The largest absolute Gasteiger partial charge is 0.496 e. The van der Waals surface area contributed by atoms with Crippen LogP contribution in [-0.2, 0) is 24.3 Å². The van der Waals surface area contributed by atoms with E-state index in [9.17, 15) is 4.79 Å². The smallest absolute Gasteiger partial charge is 0.220 e. The van der Waals surface area contributed by atoms with E-state index >= 15 is 0 Å². The summed E-state index contributed by atoms with van der Waals surface area (Å²) in [7, 11) is 1.65. The summed E-state index contributed by atoms with van der Waals surface area (Å²) in [5.41, 5.74) is 5.99. The van der Waals surface area contributed by atoms with Crippen molar-refractivity contribution in [3.8, 4) is 5.75 Å². The van der Waals surface area contributed by atoms with Gasteiger partial charge in [0.25, 0.3) is 0 Å². The Hall–Kier alpha value is -3.53. The number of hydrogen-bond acceptors (Lipinski definition) is 2. The van der Waals surface area contributed by atoms with Gasteiger partial charge < -0.3 is 14.6 Å². The summed E-state index contributed by atoms with van der Waals surface area (Å²) in [6.07, 6.45) is 3.36. The maximum atomic E-state index is 12.5. The van der Waals surface area contributed by atoms with Crippen LogP contribution in [0.4, 0.5) is 0 Å². The van der Waals surface area contributed by atoms with E-state index in [-0.39, 0.29) is 5.91 Å². The molecule has 0 aliphatic heterocycles. The van der Waals surface area contributed by atoms with Crippen LogP contribution in [0.3, 0.4) is 0 Å². The Bertz CT molecular complexity index is 1190. The number of amides is 1. The van der Waals surface area contributed by atoms with E-state index in [2.05, 4.69) is 71.5 Å². The molecule has 0 atom stereocenters. The molecule has 4 aromatic rings. The number of rotatable bonds is 8. The lowest BCUT2D eigenvalue weighted by atomic mass is 10.1. The molecule has 0 unspecified atom stereocenters. The van der Waals surface area contributed by atoms with Crippen LogP contribution >= 0.6 is 0 Å². The number of benzene rings is 3. The second-order valence-corrected chi connectivity index (χ2v) is 7.81. The predicted octanol–water partition coefficient (Wildman–Crippen LogP) is 5.26. The molecule has 1 amide bonds. The third-order valence-corrected chi connectivity index (χ3v) is 5.76. The van der Waals surface area contributed by atoms with Gasteiger partial charge in [0.2, 0.25) is 5.91 Å². The van der Waals surface area contributed by atoms with Gasteiger partial charge in [0.1, 0.15) is 5.75 Å². The summed E-state index contributed by atoms with van der Waals surface area (Å²) in [5.74, 6) is 0.837. The number of carbonyl (C=O) groups is 1. The molecule has 3 aromatic carbocycles.